The molecule has 33 heavy (non-hydrogen) atoms. The van der Waals surface area contributed by atoms with Crippen LogP contribution in [0.3, 0.4) is 0 Å². The number of nitrogens with zero attached hydrogens (tertiary/aromatic N) is 3. The highest BCUT2D eigenvalue weighted by Crippen LogP contribution is 2.38. The van der Waals surface area contributed by atoms with Crippen LogP contribution in [0.2, 0.25) is 0 Å². The maximum Gasteiger partial charge on any atom is 0.266 e. The summed E-state index contributed by atoms with van der Waals surface area (Å²) >= 11 is 0. The van der Waals surface area contributed by atoms with Gasteiger partial charge in [-0.3, -0.25) is 0 Å². The summed E-state index contributed by atoms with van der Waals surface area (Å²) in [6.45, 7) is 1.72. The Morgan fingerprint density at radius 3 is 2.64 bits per heavy atom. The minimum atomic E-state index is -4.01. The van der Waals surface area contributed by atoms with Crippen LogP contribution in [0.5, 0.6) is 0 Å². The summed E-state index contributed by atoms with van der Waals surface area (Å²) < 4.78 is 59.3. The molecule has 0 saturated carbocycles. The van der Waals surface area contributed by atoms with E-state index >= 15 is 0 Å². The molecule has 4 aromatic rings. The largest absolute Gasteiger partial charge is 0.324 e. The van der Waals surface area contributed by atoms with Gasteiger partial charge in [0.05, 0.1) is 17.9 Å². The average Bonchev–Trinajstić information content (AvgIpc) is 3.20. The molecule has 168 valence electrons. The lowest BCUT2D eigenvalue weighted by atomic mass is 9.91. The monoisotopic (exact) mass is 467 g/mol. The third-order valence-corrected chi connectivity index (χ3v) is 6.92. The van der Waals surface area contributed by atoms with Gasteiger partial charge in [0.1, 0.15) is 22.2 Å². The summed E-state index contributed by atoms with van der Waals surface area (Å²) in [4.78, 5) is 8.61. The minimum Gasteiger partial charge on any atom is -0.324 e. The summed E-state index contributed by atoms with van der Waals surface area (Å²) in [6.07, 6.45) is 3.63. The van der Waals surface area contributed by atoms with Gasteiger partial charge in [0.2, 0.25) is 5.96 Å². The number of fused-ring (bicyclic) bond motifs is 2. The number of benzene rings is 2. The Kier molecular flexibility index (Phi) is 5.09. The van der Waals surface area contributed by atoms with E-state index < -0.39 is 27.6 Å². The summed E-state index contributed by atoms with van der Waals surface area (Å²) in [6, 6.07) is 13.8. The van der Waals surface area contributed by atoms with Gasteiger partial charge in [-0.25, -0.2) is 31.9 Å². The van der Waals surface area contributed by atoms with Crippen molar-refractivity contribution in [1.82, 2.24) is 14.1 Å². The number of anilines is 1. The van der Waals surface area contributed by atoms with E-state index in [4.69, 9.17) is 0 Å². The Morgan fingerprint density at radius 2 is 1.85 bits per heavy atom. The van der Waals surface area contributed by atoms with Crippen LogP contribution >= 0.6 is 0 Å². The molecule has 0 amide bonds. The lowest BCUT2D eigenvalue weighted by Gasteiger charge is -2.26. The van der Waals surface area contributed by atoms with Crippen molar-refractivity contribution < 1.29 is 17.2 Å². The normalized spacial score (nSPS) is 16.8. The molecule has 0 bridgehead atoms. The molecule has 3 heterocycles. The quantitative estimate of drug-likeness (QED) is 0.475. The van der Waals surface area contributed by atoms with Crippen molar-refractivity contribution in [1.29, 1.82) is 0 Å². The van der Waals surface area contributed by atoms with Crippen molar-refractivity contribution >= 4 is 27.3 Å². The number of pyridine rings is 1. The smallest absolute Gasteiger partial charge is 0.266 e. The van der Waals surface area contributed by atoms with E-state index in [-0.39, 0.29) is 34.2 Å². The molecule has 2 N–H and O–H groups in total. The standard InChI is InChI=1S/C23H19F2N5O2S/c1-14(16-6-2-3-7-17(16)24)21-18(25)9-10-19-22(21)28-23(29-33(19,31)32)26-12-15-13-30-11-5-4-8-20(30)27-15/h2-11,13-14H,12H2,1H3,(H2,26,28,29). The molecule has 5 rings (SSSR count). The first kappa shape index (κ1) is 21.1. The fourth-order valence-corrected chi connectivity index (χ4v) is 5.11. The van der Waals surface area contributed by atoms with Gasteiger partial charge in [0.15, 0.2) is 0 Å². The first-order chi connectivity index (χ1) is 15.8. The molecule has 0 radical (unpaired) electrons. The lowest BCUT2D eigenvalue weighted by Crippen LogP contribution is -2.41. The lowest BCUT2D eigenvalue weighted by molar-refractivity contribution is 0.577. The van der Waals surface area contributed by atoms with Gasteiger partial charge in [-0.15, -0.1) is 0 Å². The molecule has 0 spiro atoms. The Morgan fingerprint density at radius 1 is 1.06 bits per heavy atom. The van der Waals surface area contributed by atoms with Crippen molar-refractivity contribution in [3.05, 3.63) is 95.4 Å². The summed E-state index contributed by atoms with van der Waals surface area (Å²) in [7, 11) is -4.01. The molecule has 1 unspecified atom stereocenters. The highest BCUT2D eigenvalue weighted by Gasteiger charge is 2.32. The fraction of sp³-hybridized carbons (Fsp3) is 0.130. The van der Waals surface area contributed by atoms with E-state index in [0.29, 0.717) is 5.69 Å². The number of guanidine groups is 1. The second-order valence-electron chi connectivity index (χ2n) is 7.67. The molecule has 1 aliphatic rings. The third kappa shape index (κ3) is 3.82. The Labute approximate surface area is 188 Å². The van der Waals surface area contributed by atoms with Crippen molar-refractivity contribution in [3.8, 4) is 0 Å². The van der Waals surface area contributed by atoms with Crippen molar-refractivity contribution in [2.75, 3.05) is 5.32 Å². The number of nitrogens with one attached hydrogen (secondary N) is 2. The molecular formula is C23H19F2N5O2S. The van der Waals surface area contributed by atoms with Crippen molar-refractivity contribution in [3.63, 3.8) is 0 Å². The fourth-order valence-electron chi connectivity index (χ4n) is 3.95. The zero-order valence-corrected chi connectivity index (χ0v) is 18.3. The maximum absolute atomic E-state index is 15.0. The molecule has 2 aromatic carbocycles. The van der Waals surface area contributed by atoms with Crippen LogP contribution in [0.15, 0.2) is 76.9 Å². The van der Waals surface area contributed by atoms with Gasteiger partial charge < -0.3 is 9.72 Å². The number of sulfonamides is 1. The van der Waals surface area contributed by atoms with Crippen LogP contribution in [-0.2, 0) is 16.6 Å². The molecule has 1 atom stereocenters. The van der Waals surface area contributed by atoms with Crippen LogP contribution in [0, 0.1) is 11.6 Å². The van der Waals surface area contributed by atoms with Crippen molar-refractivity contribution in [2.45, 2.75) is 24.3 Å². The first-order valence-corrected chi connectivity index (χ1v) is 11.7. The summed E-state index contributed by atoms with van der Waals surface area (Å²) in [5, 5.41) is 2.90. The van der Waals surface area contributed by atoms with E-state index in [0.717, 1.165) is 11.7 Å². The Bertz CT molecular complexity index is 1480. The van der Waals surface area contributed by atoms with Crippen LogP contribution in [0.4, 0.5) is 14.5 Å². The van der Waals surface area contributed by atoms with Gasteiger partial charge in [0, 0.05) is 23.9 Å². The number of imidazole rings is 1. The third-order valence-electron chi connectivity index (χ3n) is 5.54. The van der Waals surface area contributed by atoms with E-state index in [1.807, 2.05) is 28.8 Å². The van der Waals surface area contributed by atoms with Gasteiger partial charge in [0.25, 0.3) is 10.0 Å². The number of hydrogen-bond acceptors (Lipinski definition) is 4. The average molecular weight is 468 g/mol. The van der Waals surface area contributed by atoms with Crippen LogP contribution < -0.4 is 10.0 Å². The van der Waals surface area contributed by atoms with E-state index in [2.05, 4.69) is 20.0 Å². The predicted octanol–water partition coefficient (Wildman–Crippen LogP) is 4.02. The van der Waals surface area contributed by atoms with Gasteiger partial charge in [-0.2, -0.15) is 0 Å². The zero-order chi connectivity index (χ0) is 23.2. The molecule has 0 aliphatic carbocycles. The molecule has 7 nitrogen and oxygen atoms in total. The maximum atomic E-state index is 15.0. The van der Waals surface area contributed by atoms with Crippen molar-refractivity contribution in [2.24, 2.45) is 4.99 Å². The van der Waals surface area contributed by atoms with E-state index in [1.165, 1.54) is 12.1 Å². The Hall–Kier alpha value is -3.79. The molecule has 2 aromatic heterocycles. The highest BCUT2D eigenvalue weighted by atomic mass is 32.2. The SMILES string of the molecule is CC(c1ccccc1F)c1c(F)ccc2c1NC(=NCc1cn3ccccc3n1)NS2(=O)=O. The van der Waals surface area contributed by atoms with Crippen LogP contribution in [-0.4, -0.2) is 23.8 Å². The molecule has 0 saturated heterocycles. The number of hydrogen-bond donors (Lipinski definition) is 2. The second-order valence-corrected chi connectivity index (χ2v) is 9.32. The second kappa shape index (κ2) is 7.96. The number of aliphatic imine (C=N–C) groups is 1. The number of rotatable bonds is 4. The van der Waals surface area contributed by atoms with E-state index in [9.17, 15) is 17.2 Å². The van der Waals surface area contributed by atoms with Crippen LogP contribution in [0.1, 0.15) is 29.7 Å². The molecule has 1 aliphatic heterocycles. The Balaban J connectivity index is 1.54. The summed E-state index contributed by atoms with van der Waals surface area (Å²) in [5.74, 6) is -1.96. The molecule has 10 heteroatoms. The molecule has 0 fully saturated rings. The topological polar surface area (TPSA) is 87.9 Å². The van der Waals surface area contributed by atoms with Gasteiger partial charge in [-0.1, -0.05) is 31.2 Å². The van der Waals surface area contributed by atoms with Gasteiger partial charge >= 0.3 is 0 Å². The summed E-state index contributed by atoms with van der Waals surface area (Å²) in [5.41, 5.74) is 1.70. The number of halogens is 2. The van der Waals surface area contributed by atoms with Gasteiger partial charge in [-0.05, 0) is 35.9 Å². The van der Waals surface area contributed by atoms with Crippen LogP contribution in [0.25, 0.3) is 5.65 Å². The van der Waals surface area contributed by atoms with E-state index in [1.54, 1.807) is 31.3 Å². The minimum absolute atomic E-state index is 0.0401. The zero-order valence-electron chi connectivity index (χ0n) is 17.5. The number of aromatic nitrogens is 2. The highest BCUT2D eigenvalue weighted by molar-refractivity contribution is 7.90. The first-order valence-electron chi connectivity index (χ1n) is 10.2. The molecular weight excluding hydrogens is 448 g/mol. The predicted molar refractivity (Wildman–Crippen MR) is 121 cm³/mol.